The number of hydrogen-bond donors (Lipinski definition) is 1. The van der Waals surface area contributed by atoms with Crippen LogP contribution in [0.5, 0.6) is 5.75 Å². The van der Waals surface area contributed by atoms with E-state index in [-0.39, 0.29) is 5.56 Å². The van der Waals surface area contributed by atoms with E-state index in [4.69, 9.17) is 15.2 Å². The van der Waals surface area contributed by atoms with Crippen molar-refractivity contribution >= 4 is 16.7 Å². The van der Waals surface area contributed by atoms with Crippen LogP contribution in [0.4, 0.5) is 0 Å². The number of benzene rings is 2. The summed E-state index contributed by atoms with van der Waals surface area (Å²) in [6.07, 6.45) is 0.344. The first kappa shape index (κ1) is 19.6. The smallest absolute Gasteiger partial charge is 0.322 e. The van der Waals surface area contributed by atoms with Gasteiger partial charge in [-0.15, -0.1) is 0 Å². The van der Waals surface area contributed by atoms with Gasteiger partial charge in [0, 0.05) is 18.8 Å². The van der Waals surface area contributed by atoms with Crippen LogP contribution < -0.4 is 16.0 Å². The Morgan fingerprint density at radius 3 is 2.46 bits per heavy atom. The minimum Gasteiger partial charge on any atom is -0.496 e. The van der Waals surface area contributed by atoms with Crippen LogP contribution in [0.25, 0.3) is 21.9 Å². The average Bonchev–Trinajstić information content (AvgIpc) is 2.71. The molecule has 0 spiro atoms. The van der Waals surface area contributed by atoms with Crippen molar-refractivity contribution in [2.75, 3.05) is 14.2 Å². The highest BCUT2D eigenvalue weighted by Gasteiger charge is 2.20. The zero-order valence-electron chi connectivity index (χ0n) is 16.5. The Kier molecular flexibility index (Phi) is 5.51. The molecule has 2 N–H and O–H groups in total. The lowest BCUT2D eigenvalue weighted by atomic mass is 9.92. The Bertz CT molecular complexity index is 1100. The van der Waals surface area contributed by atoms with Gasteiger partial charge in [-0.05, 0) is 35.2 Å². The lowest BCUT2D eigenvalue weighted by molar-refractivity contribution is -0.142. The average molecular weight is 380 g/mol. The first-order chi connectivity index (χ1) is 13.4. The number of pyridine rings is 1. The van der Waals surface area contributed by atoms with E-state index in [9.17, 15) is 9.59 Å². The number of nitrogens with zero attached hydrogens (tertiary/aromatic N) is 1. The van der Waals surface area contributed by atoms with Crippen molar-refractivity contribution in [2.45, 2.75) is 19.4 Å². The highest BCUT2D eigenvalue weighted by atomic mass is 16.5. The van der Waals surface area contributed by atoms with Crippen LogP contribution in [-0.4, -0.2) is 30.8 Å². The highest BCUT2D eigenvalue weighted by molar-refractivity contribution is 5.99. The quantitative estimate of drug-likeness (QED) is 0.688. The Morgan fingerprint density at radius 1 is 1.14 bits per heavy atom. The van der Waals surface area contributed by atoms with Crippen LogP contribution in [0.3, 0.4) is 0 Å². The molecule has 0 bridgehead atoms. The summed E-state index contributed by atoms with van der Waals surface area (Å²) in [5.41, 5.74) is 8.86. The number of rotatable bonds is 5. The third kappa shape index (κ3) is 3.39. The van der Waals surface area contributed by atoms with Gasteiger partial charge in [-0.3, -0.25) is 9.59 Å². The third-order valence-corrected chi connectivity index (χ3v) is 5.08. The molecule has 1 aromatic heterocycles. The number of carbonyl (C=O) groups is 1. The van der Waals surface area contributed by atoms with Crippen molar-refractivity contribution in [3.8, 4) is 16.9 Å². The molecule has 0 aliphatic heterocycles. The summed E-state index contributed by atoms with van der Waals surface area (Å²) < 4.78 is 11.9. The van der Waals surface area contributed by atoms with Crippen LogP contribution >= 0.6 is 0 Å². The molecular formula is C22H24N2O4. The second-order valence-corrected chi connectivity index (χ2v) is 6.74. The van der Waals surface area contributed by atoms with Crippen molar-refractivity contribution in [2.24, 2.45) is 12.8 Å². The first-order valence-corrected chi connectivity index (χ1v) is 8.98. The van der Waals surface area contributed by atoms with Crippen molar-refractivity contribution in [1.29, 1.82) is 0 Å². The lowest BCUT2D eigenvalue weighted by Gasteiger charge is -2.17. The molecule has 3 rings (SSSR count). The Labute approximate surface area is 163 Å². The molecular weight excluding hydrogens is 356 g/mol. The van der Waals surface area contributed by atoms with Gasteiger partial charge in [0.05, 0.1) is 19.8 Å². The molecule has 0 aliphatic carbocycles. The Hall–Kier alpha value is -3.12. The topological polar surface area (TPSA) is 83.5 Å². The predicted octanol–water partition coefficient (Wildman–Crippen LogP) is 2.57. The zero-order chi connectivity index (χ0) is 20.4. The lowest BCUT2D eigenvalue weighted by Crippen LogP contribution is -2.33. The summed E-state index contributed by atoms with van der Waals surface area (Å²) in [7, 11) is 4.62. The molecule has 3 aromatic rings. The summed E-state index contributed by atoms with van der Waals surface area (Å²) in [6.45, 7) is 1.86. The molecule has 28 heavy (non-hydrogen) atoms. The molecule has 146 valence electrons. The standard InChI is InChI=1S/C22H24N2O4/c1-13-11-19(27-3)20(21(25)24(13)2)17-10-9-14(12-18(23)22(26)28-4)15-7-5-6-8-16(15)17/h5-11,18H,12,23H2,1-4H3/t18-/m0/s1. The molecule has 6 heteroatoms. The maximum atomic E-state index is 13.0. The zero-order valence-corrected chi connectivity index (χ0v) is 16.5. The number of methoxy groups -OCH3 is 2. The van der Waals surface area contributed by atoms with Crippen LogP contribution in [-0.2, 0) is 23.0 Å². The Morgan fingerprint density at radius 2 is 1.82 bits per heavy atom. The fourth-order valence-corrected chi connectivity index (χ4v) is 3.43. The molecule has 2 aromatic carbocycles. The van der Waals surface area contributed by atoms with E-state index >= 15 is 0 Å². The number of fused-ring (bicyclic) bond motifs is 1. The Balaban J connectivity index is 2.24. The van der Waals surface area contributed by atoms with Gasteiger partial charge in [-0.25, -0.2) is 0 Å². The van der Waals surface area contributed by atoms with Gasteiger partial charge >= 0.3 is 5.97 Å². The van der Waals surface area contributed by atoms with Crippen molar-refractivity contribution in [1.82, 2.24) is 4.57 Å². The van der Waals surface area contributed by atoms with Crippen molar-refractivity contribution in [3.05, 3.63) is 64.1 Å². The van der Waals surface area contributed by atoms with Crippen LogP contribution in [0.1, 0.15) is 11.3 Å². The predicted molar refractivity (Wildman–Crippen MR) is 110 cm³/mol. The van der Waals surface area contributed by atoms with Crippen LogP contribution in [0.2, 0.25) is 0 Å². The molecule has 0 radical (unpaired) electrons. The molecule has 6 nitrogen and oxygen atoms in total. The van der Waals surface area contributed by atoms with Gasteiger partial charge in [0.2, 0.25) is 0 Å². The molecule has 0 amide bonds. The summed E-state index contributed by atoms with van der Waals surface area (Å²) in [5.74, 6) is 0.0759. The van der Waals surface area contributed by atoms with E-state index in [1.807, 2.05) is 49.4 Å². The monoisotopic (exact) mass is 380 g/mol. The minimum absolute atomic E-state index is 0.124. The van der Waals surface area contributed by atoms with Gasteiger partial charge in [-0.1, -0.05) is 36.4 Å². The molecule has 0 aliphatic rings. The minimum atomic E-state index is -0.749. The molecule has 1 heterocycles. The summed E-state index contributed by atoms with van der Waals surface area (Å²) in [5, 5.41) is 1.83. The summed E-state index contributed by atoms with van der Waals surface area (Å²) in [4.78, 5) is 24.7. The van der Waals surface area contributed by atoms with Gasteiger partial charge < -0.3 is 19.8 Å². The van der Waals surface area contributed by atoms with E-state index in [1.165, 1.54) is 7.11 Å². The largest absolute Gasteiger partial charge is 0.496 e. The third-order valence-electron chi connectivity index (χ3n) is 5.08. The summed E-state index contributed by atoms with van der Waals surface area (Å²) >= 11 is 0. The maximum absolute atomic E-state index is 13.0. The number of aromatic nitrogens is 1. The number of ether oxygens (including phenoxy) is 2. The molecule has 0 fully saturated rings. The molecule has 1 atom stereocenters. The SMILES string of the molecule is COC(=O)[C@@H](N)Cc1ccc(-c2c(OC)cc(C)n(C)c2=O)c2ccccc12. The highest BCUT2D eigenvalue weighted by Crippen LogP contribution is 2.34. The fourth-order valence-electron chi connectivity index (χ4n) is 3.43. The van der Waals surface area contributed by atoms with Gasteiger partial charge in [0.15, 0.2) is 0 Å². The van der Waals surface area contributed by atoms with E-state index in [0.29, 0.717) is 17.7 Å². The van der Waals surface area contributed by atoms with Crippen LogP contribution in [0.15, 0.2) is 47.3 Å². The van der Waals surface area contributed by atoms with E-state index in [1.54, 1.807) is 18.7 Å². The van der Waals surface area contributed by atoms with Gasteiger partial charge in [0.25, 0.3) is 5.56 Å². The van der Waals surface area contributed by atoms with Crippen LogP contribution in [0, 0.1) is 6.92 Å². The van der Waals surface area contributed by atoms with Crippen molar-refractivity contribution < 1.29 is 14.3 Å². The number of aryl methyl sites for hydroxylation is 1. The van der Waals surface area contributed by atoms with E-state index in [2.05, 4.69) is 0 Å². The second kappa shape index (κ2) is 7.86. The number of esters is 1. The van der Waals surface area contributed by atoms with E-state index < -0.39 is 12.0 Å². The van der Waals surface area contributed by atoms with Gasteiger partial charge in [-0.2, -0.15) is 0 Å². The molecule has 0 saturated carbocycles. The summed E-state index contributed by atoms with van der Waals surface area (Å²) in [6, 6.07) is 12.6. The number of hydrogen-bond acceptors (Lipinski definition) is 5. The first-order valence-electron chi connectivity index (χ1n) is 8.98. The fraction of sp³-hybridized carbons (Fsp3) is 0.273. The van der Waals surface area contributed by atoms with E-state index in [0.717, 1.165) is 27.6 Å². The van der Waals surface area contributed by atoms with Crippen molar-refractivity contribution in [3.63, 3.8) is 0 Å². The molecule has 0 unspecified atom stereocenters. The van der Waals surface area contributed by atoms with Gasteiger partial charge in [0.1, 0.15) is 11.8 Å². The maximum Gasteiger partial charge on any atom is 0.322 e. The normalized spacial score (nSPS) is 12.0. The number of carbonyl (C=O) groups excluding carboxylic acids is 1. The molecule has 0 saturated heterocycles. The second-order valence-electron chi connectivity index (χ2n) is 6.74. The number of nitrogens with two attached hydrogens (primary N) is 1.